The van der Waals surface area contributed by atoms with Crippen LogP contribution in [0.5, 0.6) is 0 Å². The number of nitrogens with zero attached hydrogens (tertiary/aromatic N) is 2. The smallest absolute Gasteiger partial charge is 0.288 e. The van der Waals surface area contributed by atoms with Crippen LogP contribution in [0, 0.1) is 17.0 Å². The molecule has 90 valence electrons. The minimum Gasteiger partial charge on any atom is -0.289 e. The first-order chi connectivity index (χ1) is 8.59. The molecule has 5 heteroatoms. The Balaban J connectivity index is 2.48. The van der Waals surface area contributed by atoms with Crippen LogP contribution in [0.3, 0.4) is 0 Å². The summed E-state index contributed by atoms with van der Waals surface area (Å²) in [6.07, 6.45) is 1.15. The monoisotopic (exact) mass is 242 g/mol. The molecular formula is C13H10N2O3. The molecule has 2 aromatic rings. The molecule has 1 aromatic carbocycles. The number of aromatic nitrogens is 1. The summed E-state index contributed by atoms with van der Waals surface area (Å²) in [4.78, 5) is 26.2. The summed E-state index contributed by atoms with van der Waals surface area (Å²) in [5.74, 6) is -0.260. The lowest BCUT2D eigenvalue weighted by molar-refractivity contribution is -0.385. The predicted molar refractivity (Wildman–Crippen MR) is 65.5 cm³/mol. The maximum absolute atomic E-state index is 12.2. The Bertz CT molecular complexity index is 609. The number of ketones is 1. The molecule has 0 aliphatic rings. The second-order valence-electron chi connectivity index (χ2n) is 3.78. The van der Waals surface area contributed by atoms with Crippen LogP contribution < -0.4 is 0 Å². The highest BCUT2D eigenvalue weighted by atomic mass is 16.6. The molecule has 0 spiro atoms. The minimum absolute atomic E-state index is 0.181. The molecule has 0 bridgehead atoms. The van der Waals surface area contributed by atoms with Crippen molar-refractivity contribution in [3.05, 3.63) is 69.5 Å². The Labute approximate surface area is 103 Å². The van der Waals surface area contributed by atoms with Gasteiger partial charge in [-0.3, -0.25) is 19.9 Å². The number of hydrogen-bond donors (Lipinski definition) is 0. The quantitative estimate of drug-likeness (QED) is 0.471. The van der Waals surface area contributed by atoms with Gasteiger partial charge in [-0.1, -0.05) is 30.3 Å². The van der Waals surface area contributed by atoms with E-state index < -0.39 is 4.92 Å². The molecule has 0 fully saturated rings. The summed E-state index contributed by atoms with van der Waals surface area (Å²) in [6.45, 7) is 1.65. The van der Waals surface area contributed by atoms with Crippen LogP contribution in [0.1, 0.15) is 21.6 Å². The maximum Gasteiger partial charge on any atom is 0.288 e. The van der Waals surface area contributed by atoms with Crippen LogP contribution >= 0.6 is 0 Å². The van der Waals surface area contributed by atoms with Crippen molar-refractivity contribution in [3.8, 4) is 0 Å². The van der Waals surface area contributed by atoms with Gasteiger partial charge in [0.05, 0.1) is 10.5 Å². The maximum atomic E-state index is 12.2. The SMILES string of the molecule is Cc1ncc([N+](=O)[O-])cc1C(=O)c1ccccc1. The molecule has 0 amide bonds. The zero-order valence-electron chi connectivity index (χ0n) is 9.66. The van der Waals surface area contributed by atoms with E-state index in [9.17, 15) is 14.9 Å². The second-order valence-corrected chi connectivity index (χ2v) is 3.78. The summed E-state index contributed by atoms with van der Waals surface area (Å²) >= 11 is 0. The molecule has 1 aromatic heterocycles. The Morgan fingerprint density at radius 3 is 2.56 bits per heavy atom. The summed E-state index contributed by atoms with van der Waals surface area (Å²) in [7, 11) is 0. The van der Waals surface area contributed by atoms with Crippen molar-refractivity contribution in [1.29, 1.82) is 0 Å². The van der Waals surface area contributed by atoms with E-state index >= 15 is 0 Å². The fourth-order valence-corrected chi connectivity index (χ4v) is 1.60. The summed E-state index contributed by atoms with van der Waals surface area (Å²) in [5.41, 5.74) is 1.05. The molecule has 1 heterocycles. The van der Waals surface area contributed by atoms with Gasteiger partial charge in [0, 0.05) is 17.3 Å². The standard InChI is InChI=1S/C13H10N2O3/c1-9-12(7-11(8-14-9)15(17)18)13(16)10-5-3-2-4-6-10/h2-8H,1H3. The fourth-order valence-electron chi connectivity index (χ4n) is 1.60. The molecule has 2 rings (SSSR count). The van der Waals surface area contributed by atoms with Gasteiger partial charge in [-0.2, -0.15) is 0 Å². The lowest BCUT2D eigenvalue weighted by atomic mass is 10.0. The Morgan fingerprint density at radius 2 is 1.94 bits per heavy atom. The summed E-state index contributed by atoms with van der Waals surface area (Å²) in [6, 6.07) is 9.88. The van der Waals surface area contributed by atoms with E-state index in [1.165, 1.54) is 6.07 Å². The summed E-state index contributed by atoms with van der Waals surface area (Å²) in [5, 5.41) is 10.7. The van der Waals surface area contributed by atoms with E-state index in [2.05, 4.69) is 4.98 Å². The highest BCUT2D eigenvalue weighted by Crippen LogP contribution is 2.18. The van der Waals surface area contributed by atoms with Crippen molar-refractivity contribution in [2.24, 2.45) is 0 Å². The van der Waals surface area contributed by atoms with Crippen LogP contribution in [0.4, 0.5) is 5.69 Å². The van der Waals surface area contributed by atoms with Gasteiger partial charge in [0.2, 0.25) is 0 Å². The van der Waals surface area contributed by atoms with Gasteiger partial charge >= 0.3 is 0 Å². The van der Waals surface area contributed by atoms with Crippen molar-refractivity contribution in [1.82, 2.24) is 4.98 Å². The average Bonchev–Trinajstić information content (AvgIpc) is 2.39. The van der Waals surface area contributed by atoms with Crippen LogP contribution in [0.25, 0.3) is 0 Å². The van der Waals surface area contributed by atoms with Crippen molar-refractivity contribution >= 4 is 11.5 Å². The van der Waals surface area contributed by atoms with E-state index in [1.807, 2.05) is 0 Å². The van der Waals surface area contributed by atoms with Gasteiger partial charge in [0.25, 0.3) is 5.69 Å². The molecule has 0 N–H and O–H groups in total. The fraction of sp³-hybridized carbons (Fsp3) is 0.0769. The second kappa shape index (κ2) is 4.75. The first-order valence-corrected chi connectivity index (χ1v) is 5.30. The zero-order valence-corrected chi connectivity index (χ0v) is 9.66. The van der Waals surface area contributed by atoms with Crippen molar-refractivity contribution in [3.63, 3.8) is 0 Å². The van der Waals surface area contributed by atoms with Crippen molar-refractivity contribution in [2.45, 2.75) is 6.92 Å². The zero-order chi connectivity index (χ0) is 13.1. The third-order valence-electron chi connectivity index (χ3n) is 2.56. The number of benzene rings is 1. The van der Waals surface area contributed by atoms with E-state index in [0.717, 1.165) is 6.20 Å². The average molecular weight is 242 g/mol. The van der Waals surface area contributed by atoms with Gasteiger partial charge in [-0.05, 0) is 6.92 Å². The van der Waals surface area contributed by atoms with E-state index in [4.69, 9.17) is 0 Å². The summed E-state index contributed by atoms with van der Waals surface area (Å²) < 4.78 is 0. The molecule has 5 nitrogen and oxygen atoms in total. The predicted octanol–water partition coefficient (Wildman–Crippen LogP) is 2.53. The number of hydrogen-bond acceptors (Lipinski definition) is 4. The molecule has 0 unspecified atom stereocenters. The van der Waals surface area contributed by atoms with Crippen molar-refractivity contribution < 1.29 is 9.72 Å². The van der Waals surface area contributed by atoms with Crippen LogP contribution in [-0.4, -0.2) is 15.7 Å². The third-order valence-corrected chi connectivity index (χ3v) is 2.56. The first kappa shape index (κ1) is 11.9. The van der Waals surface area contributed by atoms with E-state index in [0.29, 0.717) is 11.3 Å². The number of nitro groups is 1. The number of rotatable bonds is 3. The van der Waals surface area contributed by atoms with E-state index in [-0.39, 0.29) is 17.0 Å². The minimum atomic E-state index is -0.561. The van der Waals surface area contributed by atoms with Gasteiger partial charge < -0.3 is 0 Å². The molecule has 0 aliphatic heterocycles. The molecule has 0 aliphatic carbocycles. The van der Waals surface area contributed by atoms with Gasteiger partial charge in [-0.15, -0.1) is 0 Å². The lowest BCUT2D eigenvalue weighted by Crippen LogP contribution is -2.06. The topological polar surface area (TPSA) is 73.1 Å². The number of aryl methyl sites for hydroxylation is 1. The van der Waals surface area contributed by atoms with Crippen LogP contribution in [-0.2, 0) is 0 Å². The van der Waals surface area contributed by atoms with Gasteiger partial charge in [0.1, 0.15) is 6.20 Å². The molecular weight excluding hydrogens is 232 g/mol. The number of carbonyl (C=O) groups excluding carboxylic acids is 1. The third kappa shape index (κ3) is 2.24. The molecule has 0 saturated carbocycles. The largest absolute Gasteiger partial charge is 0.289 e. The Hall–Kier alpha value is -2.56. The Kier molecular flexibility index (Phi) is 3.14. The molecule has 0 saturated heterocycles. The number of carbonyl (C=O) groups is 1. The molecule has 0 atom stereocenters. The molecule has 0 radical (unpaired) electrons. The lowest BCUT2D eigenvalue weighted by Gasteiger charge is -2.03. The van der Waals surface area contributed by atoms with E-state index in [1.54, 1.807) is 37.3 Å². The van der Waals surface area contributed by atoms with Crippen LogP contribution in [0.15, 0.2) is 42.6 Å². The highest BCUT2D eigenvalue weighted by Gasteiger charge is 2.16. The normalized spacial score (nSPS) is 10.1. The molecule has 18 heavy (non-hydrogen) atoms. The van der Waals surface area contributed by atoms with Crippen molar-refractivity contribution in [2.75, 3.05) is 0 Å². The number of pyridine rings is 1. The van der Waals surface area contributed by atoms with Gasteiger partial charge in [0.15, 0.2) is 5.78 Å². The van der Waals surface area contributed by atoms with Crippen LogP contribution in [0.2, 0.25) is 0 Å². The highest BCUT2D eigenvalue weighted by molar-refractivity contribution is 6.09. The van der Waals surface area contributed by atoms with Gasteiger partial charge in [-0.25, -0.2) is 0 Å². The first-order valence-electron chi connectivity index (χ1n) is 5.30. The Morgan fingerprint density at radius 1 is 1.28 bits per heavy atom.